The van der Waals surface area contributed by atoms with Gasteiger partial charge in [-0.2, -0.15) is 0 Å². The van der Waals surface area contributed by atoms with Gasteiger partial charge < -0.3 is 11.1 Å². The Balaban J connectivity index is 2.82. The lowest BCUT2D eigenvalue weighted by Gasteiger charge is -2.18. The van der Waals surface area contributed by atoms with Crippen molar-refractivity contribution in [1.82, 2.24) is 4.31 Å². The highest BCUT2D eigenvalue weighted by Gasteiger charge is 2.16. The summed E-state index contributed by atoms with van der Waals surface area (Å²) in [5, 5.41) is 3.30. The van der Waals surface area contributed by atoms with E-state index in [2.05, 4.69) is 12.2 Å². The van der Waals surface area contributed by atoms with Crippen LogP contribution in [0.25, 0.3) is 0 Å². The second-order valence-corrected chi connectivity index (χ2v) is 6.83. The lowest BCUT2D eigenvalue weighted by Crippen LogP contribution is -2.28. The van der Waals surface area contributed by atoms with E-state index in [4.69, 9.17) is 5.73 Å². The Hall–Kier alpha value is -1.11. The smallest absolute Gasteiger partial charge is 0.242 e. The van der Waals surface area contributed by atoms with Crippen molar-refractivity contribution in [2.75, 3.05) is 26.0 Å². The molecule has 5 nitrogen and oxygen atoms in total. The fraction of sp³-hybridized carbons (Fsp3) is 0.538. The van der Waals surface area contributed by atoms with E-state index in [1.165, 1.54) is 18.4 Å². The van der Waals surface area contributed by atoms with Crippen molar-refractivity contribution in [1.29, 1.82) is 0 Å². The van der Waals surface area contributed by atoms with Crippen molar-refractivity contribution in [2.45, 2.75) is 30.7 Å². The lowest BCUT2D eigenvalue weighted by molar-refractivity contribution is 0.521. The van der Waals surface area contributed by atoms with Gasteiger partial charge in [0.2, 0.25) is 10.0 Å². The second-order valence-electron chi connectivity index (χ2n) is 4.68. The summed E-state index contributed by atoms with van der Waals surface area (Å²) in [6, 6.07) is 6.99. The van der Waals surface area contributed by atoms with Gasteiger partial charge in [-0.25, -0.2) is 12.7 Å². The molecule has 0 fully saturated rings. The van der Waals surface area contributed by atoms with Crippen LogP contribution in [0, 0.1) is 0 Å². The minimum Gasteiger partial charge on any atom is -0.381 e. The van der Waals surface area contributed by atoms with E-state index >= 15 is 0 Å². The van der Waals surface area contributed by atoms with Crippen molar-refractivity contribution < 1.29 is 8.42 Å². The third-order valence-electron chi connectivity index (χ3n) is 2.93. The van der Waals surface area contributed by atoms with Gasteiger partial charge >= 0.3 is 0 Å². The number of nitrogens with one attached hydrogen (secondary N) is 1. The lowest BCUT2D eigenvalue weighted by atomic mass is 10.1. The van der Waals surface area contributed by atoms with Gasteiger partial charge in [0.05, 0.1) is 4.90 Å². The molecule has 0 aromatic heterocycles. The quantitative estimate of drug-likeness (QED) is 0.795. The predicted molar refractivity (Wildman–Crippen MR) is 78.7 cm³/mol. The molecule has 0 aliphatic carbocycles. The Labute approximate surface area is 115 Å². The van der Waals surface area contributed by atoms with E-state index < -0.39 is 10.0 Å². The zero-order chi connectivity index (χ0) is 14.5. The molecule has 1 atom stereocenters. The molecular formula is C13H23N3O2S. The number of sulfonamides is 1. The van der Waals surface area contributed by atoms with E-state index in [9.17, 15) is 8.42 Å². The molecule has 0 spiro atoms. The number of hydrogen-bond donors (Lipinski definition) is 2. The summed E-state index contributed by atoms with van der Waals surface area (Å²) in [6.07, 6.45) is 2.05. The third kappa shape index (κ3) is 4.19. The fourth-order valence-corrected chi connectivity index (χ4v) is 2.67. The highest BCUT2D eigenvalue weighted by molar-refractivity contribution is 7.89. The molecule has 1 aromatic rings. The van der Waals surface area contributed by atoms with Crippen LogP contribution in [0.3, 0.4) is 0 Å². The summed E-state index contributed by atoms with van der Waals surface area (Å²) in [4.78, 5) is 0.294. The molecule has 6 heteroatoms. The minimum absolute atomic E-state index is 0.223. The average molecular weight is 285 g/mol. The van der Waals surface area contributed by atoms with E-state index in [0.29, 0.717) is 11.4 Å². The Morgan fingerprint density at radius 2 is 1.84 bits per heavy atom. The molecule has 0 aliphatic heterocycles. The zero-order valence-electron chi connectivity index (χ0n) is 11.8. The molecule has 19 heavy (non-hydrogen) atoms. The normalized spacial score (nSPS) is 13.5. The summed E-state index contributed by atoms with van der Waals surface area (Å²) in [6.45, 7) is 2.67. The van der Waals surface area contributed by atoms with Gasteiger partial charge in [0.15, 0.2) is 0 Å². The summed E-state index contributed by atoms with van der Waals surface area (Å²) >= 11 is 0. The second kappa shape index (κ2) is 6.88. The van der Waals surface area contributed by atoms with Gasteiger partial charge in [-0.1, -0.05) is 13.3 Å². The molecule has 3 N–H and O–H groups in total. The predicted octanol–water partition coefficient (Wildman–Crippen LogP) is 1.48. The Kier molecular flexibility index (Phi) is 5.78. The van der Waals surface area contributed by atoms with Gasteiger partial charge in [-0.15, -0.1) is 0 Å². The van der Waals surface area contributed by atoms with Gasteiger partial charge in [0.25, 0.3) is 0 Å². The van der Waals surface area contributed by atoms with Gasteiger partial charge in [0, 0.05) is 32.4 Å². The number of rotatable bonds is 7. The summed E-state index contributed by atoms with van der Waals surface area (Å²) < 4.78 is 25.0. The molecule has 1 unspecified atom stereocenters. The summed E-state index contributed by atoms with van der Waals surface area (Å²) in [7, 11) is -0.315. The molecule has 0 aliphatic rings. The molecule has 0 saturated carbocycles. The molecule has 1 rings (SSSR count). The maximum atomic E-state index is 11.9. The highest BCUT2D eigenvalue weighted by atomic mass is 32.2. The van der Waals surface area contributed by atoms with Crippen molar-refractivity contribution in [3.63, 3.8) is 0 Å². The summed E-state index contributed by atoms with van der Waals surface area (Å²) in [5.41, 5.74) is 6.57. The molecule has 0 radical (unpaired) electrons. The van der Waals surface area contributed by atoms with Crippen molar-refractivity contribution in [3.05, 3.63) is 24.3 Å². The zero-order valence-corrected chi connectivity index (χ0v) is 12.6. The van der Waals surface area contributed by atoms with E-state index in [1.54, 1.807) is 24.3 Å². The SMILES string of the molecule is CCCC(CN)Nc1ccc(S(=O)(=O)N(C)C)cc1. The number of hydrogen-bond acceptors (Lipinski definition) is 4. The van der Waals surface area contributed by atoms with Crippen molar-refractivity contribution >= 4 is 15.7 Å². The van der Waals surface area contributed by atoms with Gasteiger partial charge in [-0.3, -0.25) is 0 Å². The van der Waals surface area contributed by atoms with Crippen LogP contribution in [0.1, 0.15) is 19.8 Å². The minimum atomic E-state index is -3.36. The van der Waals surface area contributed by atoms with Gasteiger partial charge in [0.1, 0.15) is 0 Å². The highest BCUT2D eigenvalue weighted by Crippen LogP contribution is 2.17. The van der Waals surface area contributed by atoms with Crippen LogP contribution in [-0.4, -0.2) is 39.4 Å². The Morgan fingerprint density at radius 1 is 1.26 bits per heavy atom. The summed E-state index contributed by atoms with van der Waals surface area (Å²) in [5.74, 6) is 0. The average Bonchev–Trinajstić information content (AvgIpc) is 2.38. The van der Waals surface area contributed by atoms with Crippen LogP contribution < -0.4 is 11.1 Å². The molecule has 0 heterocycles. The Bertz CT molecular complexity index is 483. The topological polar surface area (TPSA) is 75.4 Å². The van der Waals surface area contributed by atoms with Crippen molar-refractivity contribution in [3.8, 4) is 0 Å². The van der Waals surface area contributed by atoms with Crippen LogP contribution in [0.2, 0.25) is 0 Å². The monoisotopic (exact) mass is 285 g/mol. The largest absolute Gasteiger partial charge is 0.381 e. The standard InChI is InChI=1S/C13H23N3O2S/c1-4-5-12(10-14)15-11-6-8-13(9-7-11)19(17,18)16(2)3/h6-9,12,15H,4-5,10,14H2,1-3H3. The first-order valence-corrected chi connectivity index (χ1v) is 7.85. The van der Waals surface area contributed by atoms with E-state index in [0.717, 1.165) is 18.5 Å². The molecule has 1 aromatic carbocycles. The number of nitrogens with zero attached hydrogens (tertiary/aromatic N) is 1. The van der Waals surface area contributed by atoms with Crippen LogP contribution in [0.4, 0.5) is 5.69 Å². The van der Waals surface area contributed by atoms with E-state index in [-0.39, 0.29) is 6.04 Å². The first kappa shape index (κ1) is 15.9. The molecule has 0 amide bonds. The van der Waals surface area contributed by atoms with Crippen LogP contribution in [-0.2, 0) is 10.0 Å². The van der Waals surface area contributed by atoms with E-state index in [1.807, 2.05) is 0 Å². The van der Waals surface area contributed by atoms with Gasteiger partial charge in [-0.05, 0) is 30.7 Å². The molecular weight excluding hydrogens is 262 g/mol. The fourth-order valence-electron chi connectivity index (χ4n) is 1.77. The number of anilines is 1. The number of benzene rings is 1. The first-order chi connectivity index (χ1) is 8.91. The van der Waals surface area contributed by atoms with Crippen molar-refractivity contribution in [2.24, 2.45) is 5.73 Å². The molecule has 0 bridgehead atoms. The molecule has 108 valence electrons. The first-order valence-electron chi connectivity index (χ1n) is 6.41. The molecule has 0 saturated heterocycles. The van der Waals surface area contributed by atoms with Crippen LogP contribution >= 0.6 is 0 Å². The number of nitrogens with two attached hydrogens (primary N) is 1. The maximum Gasteiger partial charge on any atom is 0.242 e. The Morgan fingerprint density at radius 3 is 2.26 bits per heavy atom. The maximum absolute atomic E-state index is 11.9. The third-order valence-corrected chi connectivity index (χ3v) is 4.75. The van der Waals surface area contributed by atoms with Crippen LogP contribution in [0.15, 0.2) is 29.2 Å². The van der Waals surface area contributed by atoms with Crippen LogP contribution in [0.5, 0.6) is 0 Å².